The first-order valence-corrected chi connectivity index (χ1v) is 13.9. The second-order valence-electron chi connectivity index (χ2n) is 14.3. The van der Waals surface area contributed by atoms with Gasteiger partial charge in [-0.15, -0.1) is 0 Å². The van der Waals surface area contributed by atoms with Gasteiger partial charge in [0.05, 0.1) is 11.5 Å². The van der Waals surface area contributed by atoms with Crippen LogP contribution in [-0.2, 0) is 19.1 Å². The van der Waals surface area contributed by atoms with Crippen molar-refractivity contribution in [2.75, 3.05) is 0 Å². The number of ether oxygens (including phenoxy) is 2. The van der Waals surface area contributed by atoms with Crippen LogP contribution in [0.1, 0.15) is 113 Å². The summed E-state index contributed by atoms with van der Waals surface area (Å²) in [4.78, 5) is 25.2. The van der Waals surface area contributed by atoms with E-state index in [-0.39, 0.29) is 39.1 Å². The first-order valence-electron chi connectivity index (χ1n) is 13.9. The van der Waals surface area contributed by atoms with Crippen LogP contribution in [0.5, 0.6) is 0 Å². The third kappa shape index (κ3) is 2.45. The van der Waals surface area contributed by atoms with Gasteiger partial charge in [-0.25, -0.2) is 0 Å². The van der Waals surface area contributed by atoms with Gasteiger partial charge in [-0.2, -0.15) is 0 Å². The van der Waals surface area contributed by atoms with E-state index in [1.165, 1.54) is 0 Å². The predicted molar refractivity (Wildman–Crippen MR) is 131 cm³/mol. The molecule has 6 rings (SSSR count). The summed E-state index contributed by atoms with van der Waals surface area (Å²) in [5.74, 6) is 0.409. The topological polar surface area (TPSA) is 52.6 Å². The molecule has 2 heterocycles. The highest BCUT2D eigenvalue weighted by Crippen LogP contribution is 2.76. The number of carbonyl (C=O) groups excluding carboxylic acids is 2. The molecule has 6 aliphatic rings. The first kappa shape index (κ1) is 23.3. The molecule has 2 saturated heterocycles. The molecule has 0 radical (unpaired) electrons. The van der Waals surface area contributed by atoms with Gasteiger partial charge in [-0.1, -0.05) is 59.6 Å². The molecule has 8 unspecified atom stereocenters. The van der Waals surface area contributed by atoms with Gasteiger partial charge in [0.15, 0.2) is 0 Å². The third-order valence-electron chi connectivity index (χ3n) is 12.7. The zero-order valence-electron chi connectivity index (χ0n) is 22.4. The molecule has 0 N–H and O–H groups in total. The van der Waals surface area contributed by atoms with Gasteiger partial charge in [0.1, 0.15) is 5.78 Å². The van der Waals surface area contributed by atoms with Crippen LogP contribution in [0, 0.1) is 39.4 Å². The van der Waals surface area contributed by atoms with Crippen molar-refractivity contribution in [1.82, 2.24) is 0 Å². The first-order chi connectivity index (χ1) is 15.7. The molecule has 4 fully saturated rings. The molecule has 0 aromatic heterocycles. The summed E-state index contributed by atoms with van der Waals surface area (Å²) in [6, 6.07) is 0. The summed E-state index contributed by atoms with van der Waals surface area (Å²) >= 11 is 0. The third-order valence-corrected chi connectivity index (χ3v) is 12.7. The molecule has 4 aliphatic carbocycles. The molecule has 0 aromatic carbocycles. The van der Waals surface area contributed by atoms with E-state index in [9.17, 15) is 9.59 Å². The van der Waals surface area contributed by atoms with E-state index in [0.717, 1.165) is 57.8 Å². The quantitative estimate of drug-likeness (QED) is 0.291. The predicted octanol–water partition coefficient (Wildman–Crippen LogP) is 6.76. The van der Waals surface area contributed by atoms with E-state index in [0.29, 0.717) is 24.0 Å². The molecule has 4 heteroatoms. The van der Waals surface area contributed by atoms with Crippen LogP contribution < -0.4 is 0 Å². The molecule has 2 saturated carbocycles. The van der Waals surface area contributed by atoms with E-state index in [4.69, 9.17) is 9.47 Å². The molecular weight excluding hydrogens is 424 g/mol. The minimum absolute atomic E-state index is 0.0309. The van der Waals surface area contributed by atoms with Gasteiger partial charge < -0.3 is 9.47 Å². The zero-order chi connectivity index (χ0) is 24.5. The van der Waals surface area contributed by atoms with Crippen LogP contribution in [0.4, 0.5) is 0 Å². The minimum atomic E-state index is -0.712. The van der Waals surface area contributed by atoms with Crippen LogP contribution in [0.2, 0.25) is 0 Å². The van der Waals surface area contributed by atoms with Gasteiger partial charge in [-0.05, 0) is 67.6 Å². The standard InChI is InChI=1S/C30H44O4/c1-18-16-29(33-24(18)32)17-19(2)30(34-29)15-14-27(6)21-8-9-22-25(3,4)23(31)11-12-26(22,5)20(21)10-13-28(27,30)7/h18-19,22H,8-17H2,1-7H3. The van der Waals surface area contributed by atoms with Gasteiger partial charge in [0.25, 0.3) is 0 Å². The highest BCUT2D eigenvalue weighted by Gasteiger charge is 2.74. The number of fused-ring (bicyclic) bond motifs is 5. The molecule has 2 spiro atoms. The maximum atomic E-state index is 12.9. The molecule has 2 aliphatic heterocycles. The average Bonchev–Trinajstić information content (AvgIpc) is 3.28. The number of esters is 1. The lowest BCUT2D eigenvalue weighted by molar-refractivity contribution is -0.255. The van der Waals surface area contributed by atoms with Crippen molar-refractivity contribution >= 4 is 11.8 Å². The lowest BCUT2D eigenvalue weighted by Gasteiger charge is -2.62. The van der Waals surface area contributed by atoms with E-state index < -0.39 is 5.79 Å². The number of rotatable bonds is 0. The van der Waals surface area contributed by atoms with Crippen molar-refractivity contribution in [3.8, 4) is 0 Å². The smallest absolute Gasteiger partial charge is 0.311 e. The Morgan fingerprint density at radius 3 is 2.24 bits per heavy atom. The number of hydrogen-bond acceptors (Lipinski definition) is 4. The second kappa shape index (κ2) is 6.58. The Balaban J connectivity index is 1.41. The molecule has 188 valence electrons. The summed E-state index contributed by atoms with van der Waals surface area (Å²) < 4.78 is 13.1. The number of carbonyl (C=O) groups is 2. The fraction of sp³-hybridized carbons (Fsp3) is 0.867. The Bertz CT molecular complexity index is 1010. The minimum Gasteiger partial charge on any atom is -0.433 e. The number of hydrogen-bond donors (Lipinski definition) is 0. The summed E-state index contributed by atoms with van der Waals surface area (Å²) in [6.45, 7) is 16.3. The van der Waals surface area contributed by atoms with Crippen LogP contribution >= 0.6 is 0 Å². The number of Topliss-reactive ketones (excluding diaryl/α,β-unsaturated/α-hetero) is 1. The van der Waals surface area contributed by atoms with Crippen molar-refractivity contribution in [3.05, 3.63) is 11.1 Å². The monoisotopic (exact) mass is 468 g/mol. The molecule has 8 atom stereocenters. The molecule has 0 aromatic rings. The maximum Gasteiger partial charge on any atom is 0.311 e. The van der Waals surface area contributed by atoms with Crippen molar-refractivity contribution in [2.24, 2.45) is 39.4 Å². The summed E-state index contributed by atoms with van der Waals surface area (Å²) in [6.07, 6.45) is 9.97. The van der Waals surface area contributed by atoms with Crippen molar-refractivity contribution < 1.29 is 19.1 Å². The molecule has 0 bridgehead atoms. The Hall–Kier alpha value is -1.16. The van der Waals surface area contributed by atoms with Crippen molar-refractivity contribution in [1.29, 1.82) is 0 Å². The zero-order valence-corrected chi connectivity index (χ0v) is 22.4. The largest absolute Gasteiger partial charge is 0.433 e. The van der Waals surface area contributed by atoms with Crippen LogP contribution in [0.15, 0.2) is 11.1 Å². The van der Waals surface area contributed by atoms with Gasteiger partial charge in [-0.3, -0.25) is 9.59 Å². The highest BCUT2D eigenvalue weighted by molar-refractivity contribution is 5.85. The normalized spacial score (nSPS) is 53.8. The molecule has 4 nitrogen and oxygen atoms in total. The second-order valence-corrected chi connectivity index (χ2v) is 14.3. The van der Waals surface area contributed by atoms with E-state index >= 15 is 0 Å². The lowest BCUT2D eigenvalue weighted by atomic mass is 9.43. The Morgan fingerprint density at radius 2 is 1.56 bits per heavy atom. The Labute approximate surface area is 205 Å². The fourth-order valence-electron chi connectivity index (χ4n) is 10.7. The fourth-order valence-corrected chi connectivity index (χ4v) is 10.7. The van der Waals surface area contributed by atoms with Gasteiger partial charge >= 0.3 is 5.97 Å². The van der Waals surface area contributed by atoms with E-state index in [1.807, 2.05) is 6.92 Å². The van der Waals surface area contributed by atoms with Crippen LogP contribution in [-0.4, -0.2) is 23.1 Å². The highest BCUT2D eigenvalue weighted by atomic mass is 16.7. The SMILES string of the molecule is CC1CC2(CC(C)C3(CCC4(C)C5=C(CCC43C)C3(C)CCC(=O)C(C)(C)C3CC5)O2)OC1=O. The summed E-state index contributed by atoms with van der Waals surface area (Å²) in [7, 11) is 0. The molecular formula is C30H44O4. The summed E-state index contributed by atoms with van der Waals surface area (Å²) in [5.41, 5.74) is 3.23. The van der Waals surface area contributed by atoms with Gasteiger partial charge in [0.2, 0.25) is 5.79 Å². The Morgan fingerprint density at radius 1 is 0.824 bits per heavy atom. The van der Waals surface area contributed by atoms with Crippen molar-refractivity contribution in [2.45, 2.75) is 124 Å². The van der Waals surface area contributed by atoms with E-state index in [1.54, 1.807) is 11.1 Å². The lowest BCUT2D eigenvalue weighted by Crippen LogP contribution is -2.57. The number of ketones is 1. The molecule has 34 heavy (non-hydrogen) atoms. The number of allylic oxidation sites excluding steroid dienone is 2. The average molecular weight is 469 g/mol. The van der Waals surface area contributed by atoms with Crippen LogP contribution in [0.25, 0.3) is 0 Å². The van der Waals surface area contributed by atoms with Crippen molar-refractivity contribution in [3.63, 3.8) is 0 Å². The summed E-state index contributed by atoms with van der Waals surface area (Å²) in [5, 5.41) is 0. The van der Waals surface area contributed by atoms with Gasteiger partial charge in [0, 0.05) is 30.1 Å². The molecule has 0 amide bonds. The maximum absolute atomic E-state index is 12.9. The van der Waals surface area contributed by atoms with E-state index in [2.05, 4.69) is 41.5 Å². The van der Waals surface area contributed by atoms with Crippen LogP contribution in [0.3, 0.4) is 0 Å². The Kier molecular flexibility index (Phi) is 4.50.